The highest BCUT2D eigenvalue weighted by Crippen LogP contribution is 2.15. The third kappa shape index (κ3) is 4.10. The van der Waals surface area contributed by atoms with Crippen molar-refractivity contribution in [2.24, 2.45) is 0 Å². The van der Waals surface area contributed by atoms with Crippen molar-refractivity contribution in [1.82, 2.24) is 0 Å². The van der Waals surface area contributed by atoms with Crippen molar-refractivity contribution in [1.29, 1.82) is 5.26 Å². The molecule has 1 N–H and O–H groups in total. The Balaban J connectivity index is 1.97. The van der Waals surface area contributed by atoms with Crippen molar-refractivity contribution in [3.63, 3.8) is 0 Å². The van der Waals surface area contributed by atoms with E-state index in [1.807, 2.05) is 30.3 Å². The van der Waals surface area contributed by atoms with E-state index in [0.29, 0.717) is 17.0 Å². The average molecular weight is 294 g/mol. The first-order valence-corrected chi connectivity index (χ1v) is 7.19. The quantitative estimate of drug-likeness (QED) is 0.917. The Morgan fingerprint density at radius 1 is 1.27 bits per heavy atom. The van der Waals surface area contributed by atoms with E-state index in [1.54, 1.807) is 31.2 Å². The molecule has 0 aliphatic rings. The summed E-state index contributed by atoms with van der Waals surface area (Å²) >= 11 is 0. The van der Waals surface area contributed by atoms with Crippen LogP contribution in [0.25, 0.3) is 0 Å². The molecule has 0 aromatic heterocycles. The molecule has 0 spiro atoms. The smallest absolute Gasteiger partial charge is 0.265 e. The number of nitrogens with zero attached hydrogens (tertiary/aromatic N) is 1. The molecule has 2 aromatic rings. The maximum Gasteiger partial charge on any atom is 0.265 e. The highest BCUT2D eigenvalue weighted by Gasteiger charge is 2.15. The van der Waals surface area contributed by atoms with E-state index in [0.717, 1.165) is 6.42 Å². The molecule has 0 saturated heterocycles. The van der Waals surface area contributed by atoms with Crippen molar-refractivity contribution in [2.45, 2.75) is 26.4 Å². The van der Waals surface area contributed by atoms with Crippen LogP contribution < -0.4 is 10.1 Å². The lowest BCUT2D eigenvalue weighted by Crippen LogP contribution is -2.30. The van der Waals surface area contributed by atoms with E-state index >= 15 is 0 Å². The predicted molar refractivity (Wildman–Crippen MR) is 85.7 cm³/mol. The van der Waals surface area contributed by atoms with Crippen LogP contribution in [0, 0.1) is 11.3 Å². The Hall–Kier alpha value is -2.80. The van der Waals surface area contributed by atoms with Crippen LogP contribution in [0.15, 0.2) is 48.5 Å². The van der Waals surface area contributed by atoms with Gasteiger partial charge in [-0.15, -0.1) is 0 Å². The molecule has 0 saturated carbocycles. The van der Waals surface area contributed by atoms with E-state index in [2.05, 4.69) is 12.2 Å². The third-order valence-electron chi connectivity index (χ3n) is 3.27. The molecule has 2 aromatic carbocycles. The van der Waals surface area contributed by atoms with Gasteiger partial charge in [-0.2, -0.15) is 5.26 Å². The Labute approximate surface area is 130 Å². The molecule has 0 fully saturated rings. The van der Waals surface area contributed by atoms with E-state index in [9.17, 15) is 4.79 Å². The van der Waals surface area contributed by atoms with Gasteiger partial charge in [-0.1, -0.05) is 25.1 Å². The van der Waals surface area contributed by atoms with Gasteiger partial charge in [0.2, 0.25) is 0 Å². The van der Waals surface area contributed by atoms with Crippen molar-refractivity contribution in [3.05, 3.63) is 59.7 Å². The van der Waals surface area contributed by atoms with Gasteiger partial charge in [-0.25, -0.2) is 0 Å². The summed E-state index contributed by atoms with van der Waals surface area (Å²) in [5.41, 5.74) is 2.31. The maximum atomic E-state index is 12.1. The lowest BCUT2D eigenvalue weighted by atomic mass is 10.2. The molecule has 2 rings (SSSR count). The molecule has 0 bridgehead atoms. The average Bonchev–Trinajstić information content (AvgIpc) is 2.55. The molecule has 0 aliphatic carbocycles. The molecule has 0 unspecified atom stereocenters. The number of hydrogen-bond donors (Lipinski definition) is 1. The fourth-order valence-electron chi connectivity index (χ4n) is 1.97. The normalized spacial score (nSPS) is 11.3. The summed E-state index contributed by atoms with van der Waals surface area (Å²) in [5.74, 6) is 0.403. The second-order valence-corrected chi connectivity index (χ2v) is 4.94. The fraction of sp³-hybridized carbons (Fsp3) is 0.222. The van der Waals surface area contributed by atoms with Gasteiger partial charge in [0.05, 0.1) is 11.6 Å². The van der Waals surface area contributed by atoms with Gasteiger partial charge in [-0.3, -0.25) is 4.79 Å². The largest absolute Gasteiger partial charge is 0.481 e. The van der Waals surface area contributed by atoms with Gasteiger partial charge < -0.3 is 10.1 Å². The van der Waals surface area contributed by atoms with Gasteiger partial charge in [0.15, 0.2) is 6.10 Å². The Morgan fingerprint density at radius 3 is 2.64 bits per heavy atom. The number of ether oxygens (including phenoxy) is 1. The summed E-state index contributed by atoms with van der Waals surface area (Å²) in [5, 5.41) is 11.6. The number of nitriles is 1. The van der Waals surface area contributed by atoms with Gasteiger partial charge in [0.1, 0.15) is 5.75 Å². The fourth-order valence-corrected chi connectivity index (χ4v) is 1.97. The van der Waals surface area contributed by atoms with Crippen LogP contribution in [0.5, 0.6) is 5.75 Å². The molecule has 1 atom stereocenters. The lowest BCUT2D eigenvalue weighted by molar-refractivity contribution is -0.122. The Kier molecular flexibility index (Phi) is 5.16. The van der Waals surface area contributed by atoms with Crippen LogP contribution in [-0.2, 0) is 11.2 Å². The van der Waals surface area contributed by atoms with E-state index < -0.39 is 6.10 Å². The molecular weight excluding hydrogens is 276 g/mol. The monoisotopic (exact) mass is 294 g/mol. The summed E-state index contributed by atoms with van der Waals surface area (Å²) in [6.07, 6.45) is 0.337. The van der Waals surface area contributed by atoms with Crippen molar-refractivity contribution in [2.75, 3.05) is 5.32 Å². The Bertz CT molecular complexity index is 687. The zero-order valence-electron chi connectivity index (χ0n) is 12.7. The summed E-state index contributed by atoms with van der Waals surface area (Å²) in [6.45, 7) is 3.78. The molecule has 4 nitrogen and oxygen atoms in total. The van der Waals surface area contributed by atoms with E-state index in [-0.39, 0.29) is 5.91 Å². The van der Waals surface area contributed by atoms with Crippen LogP contribution in [0.2, 0.25) is 0 Å². The van der Waals surface area contributed by atoms with E-state index in [4.69, 9.17) is 10.00 Å². The number of nitrogens with one attached hydrogen (secondary N) is 1. The number of aryl methyl sites for hydroxylation is 1. The summed E-state index contributed by atoms with van der Waals surface area (Å²) in [7, 11) is 0. The molecule has 0 heterocycles. The SMILES string of the molecule is CCc1ccc(O[C@@H](C)C(=O)Nc2cccc(C#N)c2)cc1. The van der Waals surface area contributed by atoms with Crippen LogP contribution in [0.3, 0.4) is 0 Å². The maximum absolute atomic E-state index is 12.1. The molecule has 0 radical (unpaired) electrons. The number of rotatable bonds is 5. The summed E-state index contributed by atoms with van der Waals surface area (Å²) in [6, 6.07) is 16.5. The molecule has 22 heavy (non-hydrogen) atoms. The summed E-state index contributed by atoms with van der Waals surface area (Å²) in [4.78, 5) is 12.1. The van der Waals surface area contributed by atoms with Crippen LogP contribution in [0.1, 0.15) is 25.0 Å². The van der Waals surface area contributed by atoms with Crippen molar-refractivity contribution >= 4 is 11.6 Å². The molecule has 0 aliphatic heterocycles. The van der Waals surface area contributed by atoms with Gasteiger partial charge >= 0.3 is 0 Å². The van der Waals surface area contributed by atoms with Gasteiger partial charge in [0, 0.05) is 5.69 Å². The number of hydrogen-bond acceptors (Lipinski definition) is 3. The van der Waals surface area contributed by atoms with Gasteiger partial charge in [-0.05, 0) is 49.2 Å². The first-order chi connectivity index (χ1) is 10.6. The highest BCUT2D eigenvalue weighted by atomic mass is 16.5. The number of benzene rings is 2. The molecular formula is C18H18N2O2. The zero-order valence-corrected chi connectivity index (χ0v) is 12.7. The van der Waals surface area contributed by atoms with Crippen LogP contribution in [0.4, 0.5) is 5.69 Å². The van der Waals surface area contributed by atoms with Crippen molar-refractivity contribution in [3.8, 4) is 11.8 Å². The van der Waals surface area contributed by atoms with Crippen molar-refractivity contribution < 1.29 is 9.53 Å². The van der Waals surface area contributed by atoms with Gasteiger partial charge in [0.25, 0.3) is 5.91 Å². The lowest BCUT2D eigenvalue weighted by Gasteiger charge is -2.15. The minimum atomic E-state index is -0.627. The minimum Gasteiger partial charge on any atom is -0.481 e. The number of carbonyl (C=O) groups is 1. The summed E-state index contributed by atoms with van der Waals surface area (Å²) < 4.78 is 5.63. The molecule has 112 valence electrons. The Morgan fingerprint density at radius 2 is 2.00 bits per heavy atom. The first kappa shape index (κ1) is 15.6. The van der Waals surface area contributed by atoms with E-state index in [1.165, 1.54) is 5.56 Å². The predicted octanol–water partition coefficient (Wildman–Crippen LogP) is 3.53. The molecule has 4 heteroatoms. The van der Waals surface area contributed by atoms with Crippen LogP contribution in [-0.4, -0.2) is 12.0 Å². The third-order valence-corrected chi connectivity index (χ3v) is 3.27. The molecule has 1 amide bonds. The number of anilines is 1. The number of amides is 1. The second-order valence-electron chi connectivity index (χ2n) is 4.94. The minimum absolute atomic E-state index is 0.255. The standard InChI is InChI=1S/C18H18N2O2/c1-3-14-7-9-17(10-8-14)22-13(2)18(21)20-16-6-4-5-15(11-16)12-19/h4-11,13H,3H2,1-2H3,(H,20,21)/t13-/m0/s1. The van der Waals surface area contributed by atoms with Crippen LogP contribution >= 0.6 is 0 Å². The highest BCUT2D eigenvalue weighted by molar-refractivity contribution is 5.94. The second kappa shape index (κ2) is 7.28. The number of carbonyl (C=O) groups excluding carboxylic acids is 1. The first-order valence-electron chi connectivity index (χ1n) is 7.19. The zero-order chi connectivity index (χ0) is 15.9. The topological polar surface area (TPSA) is 62.1 Å².